The molecule has 2 heterocycles. The van der Waals surface area contributed by atoms with Crippen molar-refractivity contribution in [2.45, 2.75) is 51.3 Å². The van der Waals surface area contributed by atoms with E-state index in [2.05, 4.69) is 95.2 Å². The van der Waals surface area contributed by atoms with Crippen LogP contribution in [0.1, 0.15) is 38.3 Å². The highest BCUT2D eigenvalue weighted by Gasteiger charge is 2.51. The summed E-state index contributed by atoms with van der Waals surface area (Å²) in [6.45, 7) is 9.94. The number of phenolic OH excluding ortho intramolecular Hbond substituents is 1. The fourth-order valence-electron chi connectivity index (χ4n) is 6.16. The molecule has 5 N–H and O–H groups in total. The monoisotopic (exact) mass is 638 g/mol. The lowest BCUT2D eigenvalue weighted by Gasteiger charge is -2.46. The second-order valence-electron chi connectivity index (χ2n) is 12.4. The summed E-state index contributed by atoms with van der Waals surface area (Å²) in [6.07, 6.45) is 2.05. The third-order valence-electron chi connectivity index (χ3n) is 8.12. The van der Waals surface area contributed by atoms with Crippen LogP contribution in [0.5, 0.6) is 5.75 Å². The Morgan fingerprint density at radius 2 is 1.73 bits per heavy atom. The van der Waals surface area contributed by atoms with Gasteiger partial charge in [0.25, 0.3) is 13.9 Å². The van der Waals surface area contributed by atoms with E-state index in [4.69, 9.17) is 16.6 Å². The van der Waals surface area contributed by atoms with Crippen molar-refractivity contribution < 1.29 is 9.53 Å². The molecule has 232 valence electrons. The van der Waals surface area contributed by atoms with Crippen molar-refractivity contribution >= 4 is 41.8 Å². The number of aromatic hydroxyl groups is 1. The molecular weight excluding hydrogens is 601 g/mol. The van der Waals surface area contributed by atoms with E-state index in [1.165, 1.54) is 22.6 Å². The summed E-state index contributed by atoms with van der Waals surface area (Å²) in [6, 6.07) is 26.1. The number of thiocarbonyl (C=S) groups is 1. The maximum absolute atomic E-state index is 12.7. The van der Waals surface area contributed by atoms with Gasteiger partial charge in [-0.15, -0.1) is 0 Å². The van der Waals surface area contributed by atoms with Crippen molar-refractivity contribution in [1.29, 1.82) is 5.26 Å². The van der Waals surface area contributed by atoms with Crippen LogP contribution < -0.4 is 31.9 Å². The van der Waals surface area contributed by atoms with E-state index < -0.39 is 13.9 Å². The Kier molecular flexibility index (Phi) is 9.50. The fraction of sp³-hybridized carbons (Fsp3) is 0.294. The molecule has 0 aliphatic carbocycles. The number of nitrogens with zero attached hydrogens (tertiary/aromatic N) is 2. The van der Waals surface area contributed by atoms with Gasteiger partial charge in [0.15, 0.2) is 10.9 Å². The Labute approximate surface area is 269 Å². The van der Waals surface area contributed by atoms with Crippen molar-refractivity contribution in [3.63, 3.8) is 0 Å². The minimum atomic E-state index is -2.74. The van der Waals surface area contributed by atoms with Crippen molar-refractivity contribution in [2.24, 2.45) is 0 Å². The molecule has 9 nitrogen and oxygen atoms in total. The first-order chi connectivity index (χ1) is 21.5. The Morgan fingerprint density at radius 1 is 1.09 bits per heavy atom. The summed E-state index contributed by atoms with van der Waals surface area (Å²) in [7, 11) is -2.74. The first kappa shape index (κ1) is 32.1. The summed E-state index contributed by atoms with van der Waals surface area (Å²) in [5.41, 5.74) is 1.30. The van der Waals surface area contributed by atoms with Crippen LogP contribution in [-0.4, -0.2) is 53.7 Å². The van der Waals surface area contributed by atoms with Gasteiger partial charge in [-0.3, -0.25) is 4.79 Å². The van der Waals surface area contributed by atoms with Crippen LogP contribution >= 0.6 is 12.2 Å². The molecule has 0 bridgehead atoms. The smallest absolute Gasteiger partial charge is 0.291 e. The topological polar surface area (TPSA) is 135 Å². The molecule has 3 aromatic carbocycles. The number of benzene rings is 3. The molecule has 1 aromatic heterocycles. The van der Waals surface area contributed by atoms with E-state index in [1.807, 2.05) is 18.2 Å². The molecule has 0 saturated carbocycles. The fourth-order valence-corrected chi connectivity index (χ4v) is 11.1. The van der Waals surface area contributed by atoms with Crippen molar-refractivity contribution in [3.8, 4) is 23.1 Å². The second-order valence-corrected chi connectivity index (χ2v) is 17.0. The molecule has 1 aliphatic rings. The maximum Gasteiger partial charge on any atom is 0.291 e. The van der Waals surface area contributed by atoms with Crippen LogP contribution in [0.25, 0.3) is 11.3 Å². The molecule has 1 saturated heterocycles. The normalized spacial score (nSPS) is 16.9. The number of phenols is 1. The number of nitrogens with one attached hydrogen (secondary N) is 4. The molecule has 0 spiro atoms. The molecule has 1 fully saturated rings. The summed E-state index contributed by atoms with van der Waals surface area (Å²) >= 11 is 5.62. The van der Waals surface area contributed by atoms with E-state index in [0.29, 0.717) is 41.9 Å². The van der Waals surface area contributed by atoms with Gasteiger partial charge in [0.1, 0.15) is 5.75 Å². The number of rotatable bonds is 7. The Morgan fingerprint density at radius 3 is 2.31 bits per heavy atom. The highest BCUT2D eigenvalue weighted by molar-refractivity contribution is 7.80. The molecule has 4 aromatic rings. The minimum absolute atomic E-state index is 0.00274. The van der Waals surface area contributed by atoms with E-state index in [9.17, 15) is 15.2 Å². The third kappa shape index (κ3) is 6.84. The molecule has 45 heavy (non-hydrogen) atoms. The van der Waals surface area contributed by atoms with E-state index in [1.54, 1.807) is 13.0 Å². The van der Waals surface area contributed by atoms with Gasteiger partial charge in [-0.2, -0.15) is 5.26 Å². The number of hydrogen-bond donors (Lipinski definition) is 5. The van der Waals surface area contributed by atoms with Crippen molar-refractivity contribution in [3.05, 3.63) is 100 Å². The average Bonchev–Trinajstić information content (AvgIpc) is 3.01. The van der Waals surface area contributed by atoms with Gasteiger partial charge in [-0.25, -0.2) is 4.98 Å². The minimum Gasteiger partial charge on any atom is -0.507 e. The maximum atomic E-state index is 12.7. The summed E-state index contributed by atoms with van der Waals surface area (Å²) in [5.74, 6) is -0.102. The molecule has 11 heteroatoms. The average molecular weight is 639 g/mol. The molecular formula is C34H38N6O3SSi. The third-order valence-corrected chi connectivity index (χ3v) is 13.4. The molecule has 2 atom stereocenters. The number of H-pyrrole nitrogens is 1. The highest BCUT2D eigenvalue weighted by atomic mass is 32.1. The standard InChI is InChI=1S/C34H38N6O3SSi/c1-22-15-23(18-35)16-29(41)30(22)28-21-37-32(42)31(39-28)40-33(44)38-24-17-25(20-36-19-24)43-45(34(2,3)4,26-11-7-5-8-12-26)27-13-9-6-10-14-27/h5-16,21,24-25,36,41H,17,19-20H2,1-4H3,(H,37,42)(H2,38,39,40,44)/t24-,25+/m1/s1. The molecule has 0 unspecified atom stereocenters. The van der Waals surface area contributed by atoms with Gasteiger partial charge in [0, 0.05) is 30.9 Å². The van der Waals surface area contributed by atoms with Gasteiger partial charge >= 0.3 is 0 Å². The number of aryl methyl sites for hydroxylation is 1. The van der Waals surface area contributed by atoms with Crippen LogP contribution in [0.15, 0.2) is 83.8 Å². The zero-order chi connectivity index (χ0) is 32.2. The quantitative estimate of drug-likeness (QED) is 0.151. The number of piperidine rings is 1. The number of aromatic amines is 1. The number of aromatic nitrogens is 2. The molecule has 5 rings (SSSR count). The predicted molar refractivity (Wildman–Crippen MR) is 185 cm³/mol. The number of nitriles is 1. The van der Waals surface area contributed by atoms with E-state index in [-0.39, 0.29) is 33.9 Å². The molecule has 0 radical (unpaired) electrons. The summed E-state index contributed by atoms with van der Waals surface area (Å²) < 4.78 is 7.33. The van der Waals surface area contributed by atoms with Gasteiger partial charge in [-0.1, -0.05) is 81.4 Å². The van der Waals surface area contributed by atoms with Gasteiger partial charge in [0.05, 0.1) is 23.4 Å². The Bertz CT molecular complexity index is 1710. The molecule has 0 amide bonds. The lowest BCUT2D eigenvalue weighted by molar-refractivity contribution is 0.141. The largest absolute Gasteiger partial charge is 0.507 e. The van der Waals surface area contributed by atoms with Crippen LogP contribution in [-0.2, 0) is 4.43 Å². The van der Waals surface area contributed by atoms with Gasteiger partial charge < -0.3 is 30.5 Å². The first-order valence-electron chi connectivity index (χ1n) is 14.9. The van der Waals surface area contributed by atoms with E-state index >= 15 is 0 Å². The number of anilines is 1. The van der Waals surface area contributed by atoms with Crippen molar-refractivity contribution in [1.82, 2.24) is 20.6 Å². The van der Waals surface area contributed by atoms with Crippen LogP contribution in [0, 0.1) is 18.3 Å². The predicted octanol–water partition coefficient (Wildman–Crippen LogP) is 3.92. The lowest BCUT2D eigenvalue weighted by atomic mass is 10.0. The Hall–Kier alpha value is -4.34. The SMILES string of the molecule is Cc1cc(C#N)cc(O)c1-c1c[nH]c(=O)c(NC(=S)N[C@H]2CNC[C@@H](O[Si](c3ccccc3)(c3ccccc3)C(C)(C)C)C2)n1. The van der Waals surface area contributed by atoms with Crippen molar-refractivity contribution in [2.75, 3.05) is 18.4 Å². The number of hydrogen-bond acceptors (Lipinski definition) is 7. The highest BCUT2D eigenvalue weighted by Crippen LogP contribution is 2.38. The van der Waals surface area contributed by atoms with Gasteiger partial charge in [-0.05, 0) is 58.7 Å². The zero-order valence-electron chi connectivity index (χ0n) is 25.8. The van der Waals surface area contributed by atoms with Gasteiger partial charge in [0.2, 0.25) is 0 Å². The van der Waals surface area contributed by atoms with Crippen LogP contribution in [0.2, 0.25) is 5.04 Å². The molecule has 1 aliphatic heterocycles. The summed E-state index contributed by atoms with van der Waals surface area (Å²) in [4.78, 5) is 19.8. The van der Waals surface area contributed by atoms with Crippen LogP contribution in [0.4, 0.5) is 5.82 Å². The first-order valence-corrected chi connectivity index (χ1v) is 17.2. The van der Waals surface area contributed by atoms with E-state index in [0.717, 1.165) is 0 Å². The van der Waals surface area contributed by atoms with Crippen LogP contribution in [0.3, 0.4) is 0 Å². The second kappa shape index (κ2) is 13.3. The lowest BCUT2D eigenvalue weighted by Crippen LogP contribution is -2.69. The summed E-state index contributed by atoms with van der Waals surface area (Å²) in [5, 5.41) is 32.1. The zero-order valence-corrected chi connectivity index (χ0v) is 27.7. The Balaban J connectivity index is 1.34.